The summed E-state index contributed by atoms with van der Waals surface area (Å²) in [4.78, 5) is 38.0. The second kappa shape index (κ2) is 9.96. The number of hydrogen-bond donors (Lipinski definition) is 0. The number of amides is 2. The second-order valence-electron chi connectivity index (χ2n) is 14.3. The summed E-state index contributed by atoms with van der Waals surface area (Å²) in [6, 6.07) is 8.43. The molecular weight excluding hydrogens is 685 g/mol. The summed E-state index contributed by atoms with van der Waals surface area (Å²) in [7, 11) is 3.59. The van der Waals surface area contributed by atoms with Gasteiger partial charge in [0.1, 0.15) is 0 Å². The lowest BCUT2D eigenvalue weighted by Crippen LogP contribution is -2.24. The number of rotatable bonds is 3. The Morgan fingerprint density at radius 3 is 1.54 bits per heavy atom. The maximum absolute atomic E-state index is 13.8. The first-order valence-corrected chi connectivity index (χ1v) is 20.1. The predicted octanol–water partition coefficient (Wildman–Crippen LogP) is 11.5. The molecule has 0 radical (unpaired) electrons. The van der Waals surface area contributed by atoms with Crippen molar-refractivity contribution in [3.05, 3.63) is 66.0 Å². The van der Waals surface area contributed by atoms with Gasteiger partial charge in [0, 0.05) is 33.6 Å². The largest absolute Gasteiger partial charge is 0.309 e. The molecule has 4 nitrogen and oxygen atoms in total. The molecule has 0 aromatic carbocycles. The first-order valence-electron chi connectivity index (χ1n) is 15.2. The summed E-state index contributed by atoms with van der Waals surface area (Å²) in [6.07, 6.45) is 0. The van der Waals surface area contributed by atoms with Gasteiger partial charge in [-0.25, -0.2) is 0 Å². The van der Waals surface area contributed by atoms with Gasteiger partial charge >= 0.3 is 0 Å². The van der Waals surface area contributed by atoms with Gasteiger partial charge in [0.25, 0.3) is 11.8 Å². The van der Waals surface area contributed by atoms with Crippen LogP contribution in [0.5, 0.6) is 0 Å². The molecule has 8 rings (SSSR count). The first-order chi connectivity index (χ1) is 21.6. The number of fused-ring (bicyclic) bond motifs is 6. The standard InChI is InChI=1S/C36H34N2O2S6/c1-15-25(43-28-26(15)44-31-29-27(45-30(28)31)16(2)32(46-29)36(6,7)8)19-12-11-17(41-19)23-21-22(34(40)37(23)9)24(38(10)33(21)39)18-13-14-20(42-18)35(3,4)5/h11-14H,1-10H3. The molecule has 0 saturated carbocycles. The van der Waals surface area contributed by atoms with Crippen LogP contribution in [0.15, 0.2) is 35.4 Å². The van der Waals surface area contributed by atoms with Crippen molar-refractivity contribution in [2.24, 2.45) is 0 Å². The van der Waals surface area contributed by atoms with E-state index in [1.165, 1.54) is 58.8 Å². The van der Waals surface area contributed by atoms with E-state index in [1.807, 2.05) is 45.3 Å². The minimum atomic E-state index is -0.115. The van der Waals surface area contributed by atoms with E-state index in [9.17, 15) is 9.59 Å². The van der Waals surface area contributed by atoms with Crippen LogP contribution in [0.25, 0.3) is 49.3 Å². The Morgan fingerprint density at radius 1 is 0.522 bits per heavy atom. The van der Waals surface area contributed by atoms with E-state index in [1.54, 1.807) is 46.6 Å². The van der Waals surface area contributed by atoms with Gasteiger partial charge in [-0.05, 0) is 60.1 Å². The van der Waals surface area contributed by atoms with Gasteiger partial charge in [-0.3, -0.25) is 9.59 Å². The summed E-state index contributed by atoms with van der Waals surface area (Å²) in [6.45, 7) is 18.0. The molecule has 0 unspecified atom stereocenters. The zero-order valence-corrected chi connectivity index (χ0v) is 32.4. The minimum absolute atomic E-state index is 0.00246. The fraction of sp³-hybridized carbons (Fsp3) is 0.333. The van der Waals surface area contributed by atoms with Crippen LogP contribution >= 0.6 is 68.0 Å². The second-order valence-corrected chi connectivity index (χ2v) is 20.5. The molecule has 2 aliphatic heterocycles. The van der Waals surface area contributed by atoms with Crippen molar-refractivity contribution >= 4 is 119 Å². The van der Waals surface area contributed by atoms with Gasteiger partial charge in [0.15, 0.2) is 0 Å². The quantitative estimate of drug-likeness (QED) is 0.183. The smallest absolute Gasteiger partial charge is 0.261 e. The molecule has 2 aliphatic rings. The van der Waals surface area contributed by atoms with Crippen LogP contribution in [0, 0.1) is 13.8 Å². The Morgan fingerprint density at radius 2 is 1.00 bits per heavy atom. The molecule has 8 heterocycles. The highest BCUT2D eigenvalue weighted by Gasteiger charge is 2.47. The van der Waals surface area contributed by atoms with Crippen molar-refractivity contribution in [3.8, 4) is 9.75 Å². The van der Waals surface area contributed by atoms with Crippen molar-refractivity contribution in [1.82, 2.24) is 9.80 Å². The van der Waals surface area contributed by atoms with Crippen LogP contribution in [0.4, 0.5) is 0 Å². The molecule has 0 aliphatic carbocycles. The maximum atomic E-state index is 13.8. The molecule has 10 heteroatoms. The van der Waals surface area contributed by atoms with Gasteiger partial charge in [-0.1, -0.05) is 41.5 Å². The summed E-state index contributed by atoms with van der Waals surface area (Å²) < 4.78 is 8.50. The average Bonchev–Trinajstić information content (AvgIpc) is 3.81. The van der Waals surface area contributed by atoms with Crippen LogP contribution < -0.4 is 0 Å². The third kappa shape index (κ3) is 4.16. The normalized spacial score (nSPS) is 16.3. The zero-order valence-electron chi connectivity index (χ0n) is 27.5. The molecule has 0 bridgehead atoms. The molecule has 0 atom stereocenters. The number of carbonyl (C=O) groups is 2. The molecule has 2 amide bonds. The van der Waals surface area contributed by atoms with Gasteiger partial charge < -0.3 is 9.80 Å². The molecule has 0 fully saturated rings. The van der Waals surface area contributed by atoms with Crippen LogP contribution in [0.3, 0.4) is 0 Å². The minimum Gasteiger partial charge on any atom is -0.309 e. The predicted molar refractivity (Wildman–Crippen MR) is 204 cm³/mol. The Bertz CT molecular complexity index is 2380. The topological polar surface area (TPSA) is 40.6 Å². The number of nitrogens with zero attached hydrogens (tertiary/aromatic N) is 2. The third-order valence-electron chi connectivity index (χ3n) is 8.96. The lowest BCUT2D eigenvalue weighted by atomic mass is 9.92. The Kier molecular flexibility index (Phi) is 6.65. The van der Waals surface area contributed by atoms with Crippen molar-refractivity contribution < 1.29 is 9.59 Å². The number of hydrogen-bond acceptors (Lipinski definition) is 8. The Balaban J connectivity index is 1.22. The molecule has 236 valence electrons. The highest BCUT2D eigenvalue weighted by Crippen LogP contribution is 2.56. The molecule has 6 aromatic rings. The maximum Gasteiger partial charge on any atom is 0.261 e. The van der Waals surface area contributed by atoms with Gasteiger partial charge in [0.05, 0.1) is 60.5 Å². The molecule has 46 heavy (non-hydrogen) atoms. The number of thiophene rings is 6. The fourth-order valence-electron chi connectivity index (χ4n) is 6.65. The first kappa shape index (κ1) is 30.7. The highest BCUT2D eigenvalue weighted by molar-refractivity contribution is 7.45. The van der Waals surface area contributed by atoms with E-state index in [2.05, 4.69) is 79.7 Å². The third-order valence-corrected chi connectivity index (χ3v) is 18.1. The van der Waals surface area contributed by atoms with E-state index in [4.69, 9.17) is 0 Å². The van der Waals surface area contributed by atoms with Crippen molar-refractivity contribution in [2.45, 2.75) is 66.2 Å². The van der Waals surface area contributed by atoms with Gasteiger partial charge in [0.2, 0.25) is 0 Å². The monoisotopic (exact) mass is 718 g/mol. The SMILES string of the molecule is Cc1c(-c2ccc(C3=C4C(=O)N(C)C(c5ccc(C(C)(C)C)s5)=C4C(=O)N3C)s2)sc2c1sc1c3sc(C(C)(C)C)c(C)c3sc21. The molecule has 0 spiro atoms. The lowest BCUT2D eigenvalue weighted by Gasteiger charge is -2.19. The van der Waals surface area contributed by atoms with Crippen LogP contribution in [-0.4, -0.2) is 35.7 Å². The molecule has 6 aromatic heterocycles. The molecule has 0 saturated heterocycles. The summed E-state index contributed by atoms with van der Waals surface area (Å²) in [5.74, 6) is -0.229. The fourth-order valence-corrected chi connectivity index (χ4v) is 15.1. The average molecular weight is 719 g/mol. The van der Waals surface area contributed by atoms with Crippen molar-refractivity contribution in [2.75, 3.05) is 14.1 Å². The van der Waals surface area contributed by atoms with E-state index >= 15 is 0 Å². The Labute approximate surface area is 292 Å². The van der Waals surface area contributed by atoms with E-state index in [0.717, 1.165) is 21.1 Å². The van der Waals surface area contributed by atoms with Crippen molar-refractivity contribution in [3.63, 3.8) is 0 Å². The van der Waals surface area contributed by atoms with Crippen LogP contribution in [0.1, 0.15) is 72.2 Å². The lowest BCUT2D eigenvalue weighted by molar-refractivity contribution is -0.123. The summed E-state index contributed by atoms with van der Waals surface area (Å²) in [5.41, 5.74) is 5.41. The highest BCUT2D eigenvalue weighted by atomic mass is 32.1. The molecule has 0 N–H and O–H groups in total. The van der Waals surface area contributed by atoms with Crippen LogP contribution in [-0.2, 0) is 20.4 Å². The van der Waals surface area contributed by atoms with Crippen LogP contribution in [0.2, 0.25) is 0 Å². The summed E-state index contributed by atoms with van der Waals surface area (Å²) >= 11 is 11.1. The summed E-state index contributed by atoms with van der Waals surface area (Å²) in [5, 5.41) is 0. The zero-order chi connectivity index (χ0) is 32.8. The molecular formula is C36H34N2O2S6. The van der Waals surface area contributed by atoms with Crippen molar-refractivity contribution in [1.29, 1.82) is 0 Å². The van der Waals surface area contributed by atoms with Gasteiger partial charge in [-0.2, -0.15) is 0 Å². The van der Waals surface area contributed by atoms with Gasteiger partial charge in [-0.15, -0.1) is 68.0 Å². The van der Waals surface area contributed by atoms with E-state index in [0.29, 0.717) is 11.1 Å². The number of aryl methyl sites for hydroxylation is 2. The van der Waals surface area contributed by atoms with E-state index in [-0.39, 0.29) is 22.6 Å². The number of carbonyl (C=O) groups excluding carboxylic acids is 2. The Hall–Kier alpha value is -2.60. The number of likely N-dealkylation sites (N-methyl/N-ethyl adjacent to an activating group) is 2. The van der Waals surface area contributed by atoms with E-state index < -0.39 is 0 Å².